The molecule has 0 unspecified atom stereocenters. The molecule has 23 heavy (non-hydrogen) atoms. The highest BCUT2D eigenvalue weighted by Gasteiger charge is 2.30. The van der Waals surface area contributed by atoms with Gasteiger partial charge in [0.05, 0.1) is 12.1 Å². The van der Waals surface area contributed by atoms with Gasteiger partial charge < -0.3 is 9.42 Å². The Kier molecular flexibility index (Phi) is 4.71. The SMILES string of the molecule is Cc1noc(C)c1CC(=O)N1CCC[C@H]1Cc1ccccc1Cl. The number of aryl methyl sites for hydroxylation is 2. The molecule has 5 heteroatoms. The average Bonchev–Trinajstić information content (AvgIpc) is 3.11. The first-order chi connectivity index (χ1) is 11.1. The second-order valence-corrected chi connectivity index (χ2v) is 6.57. The highest BCUT2D eigenvalue weighted by Crippen LogP contribution is 2.26. The number of hydrogen-bond donors (Lipinski definition) is 0. The zero-order chi connectivity index (χ0) is 16.4. The summed E-state index contributed by atoms with van der Waals surface area (Å²) in [6.07, 6.45) is 3.24. The van der Waals surface area contributed by atoms with Gasteiger partial charge in [0.25, 0.3) is 0 Å². The first-order valence-electron chi connectivity index (χ1n) is 8.01. The zero-order valence-corrected chi connectivity index (χ0v) is 14.3. The van der Waals surface area contributed by atoms with Gasteiger partial charge in [-0.2, -0.15) is 0 Å². The number of amides is 1. The lowest BCUT2D eigenvalue weighted by Gasteiger charge is -2.25. The number of nitrogens with zero attached hydrogens (tertiary/aromatic N) is 2. The van der Waals surface area contributed by atoms with E-state index in [-0.39, 0.29) is 11.9 Å². The van der Waals surface area contributed by atoms with Crippen LogP contribution in [0, 0.1) is 13.8 Å². The van der Waals surface area contributed by atoms with Gasteiger partial charge in [0.2, 0.25) is 5.91 Å². The molecule has 2 heterocycles. The molecule has 0 N–H and O–H groups in total. The van der Waals surface area contributed by atoms with Crippen molar-refractivity contribution >= 4 is 17.5 Å². The van der Waals surface area contributed by atoms with E-state index in [2.05, 4.69) is 5.16 Å². The van der Waals surface area contributed by atoms with E-state index in [1.54, 1.807) is 0 Å². The second-order valence-electron chi connectivity index (χ2n) is 6.16. The lowest BCUT2D eigenvalue weighted by molar-refractivity contribution is -0.131. The summed E-state index contributed by atoms with van der Waals surface area (Å²) >= 11 is 6.26. The summed E-state index contributed by atoms with van der Waals surface area (Å²) in [6, 6.07) is 8.09. The molecule has 1 aromatic carbocycles. The molecule has 0 aliphatic carbocycles. The molecule has 0 bridgehead atoms. The minimum absolute atomic E-state index is 0.147. The van der Waals surface area contributed by atoms with Crippen LogP contribution in [-0.4, -0.2) is 28.6 Å². The Morgan fingerprint density at radius 3 is 2.87 bits per heavy atom. The largest absolute Gasteiger partial charge is 0.361 e. The van der Waals surface area contributed by atoms with Crippen molar-refractivity contribution in [1.29, 1.82) is 0 Å². The van der Waals surface area contributed by atoms with Crippen LogP contribution in [0.15, 0.2) is 28.8 Å². The number of benzene rings is 1. The van der Waals surface area contributed by atoms with Gasteiger partial charge in [-0.25, -0.2) is 0 Å². The molecule has 1 aromatic heterocycles. The molecule has 1 atom stereocenters. The van der Waals surface area contributed by atoms with Crippen molar-refractivity contribution in [2.24, 2.45) is 0 Å². The predicted octanol–water partition coefficient (Wildman–Crippen LogP) is 3.72. The Hall–Kier alpha value is -1.81. The Balaban J connectivity index is 1.71. The fraction of sp³-hybridized carbons (Fsp3) is 0.444. The number of hydrogen-bond acceptors (Lipinski definition) is 3. The second kappa shape index (κ2) is 6.75. The van der Waals surface area contributed by atoms with Gasteiger partial charge in [-0.05, 0) is 44.7 Å². The van der Waals surface area contributed by atoms with Gasteiger partial charge in [-0.15, -0.1) is 0 Å². The topological polar surface area (TPSA) is 46.3 Å². The van der Waals surface area contributed by atoms with Gasteiger partial charge in [0.15, 0.2) is 0 Å². The van der Waals surface area contributed by atoms with Crippen molar-refractivity contribution in [3.05, 3.63) is 51.9 Å². The molecule has 3 rings (SSSR count). The molecular weight excluding hydrogens is 312 g/mol. The maximum Gasteiger partial charge on any atom is 0.227 e. The Morgan fingerprint density at radius 2 is 2.17 bits per heavy atom. The molecule has 1 saturated heterocycles. The Morgan fingerprint density at radius 1 is 1.39 bits per heavy atom. The van der Waals surface area contributed by atoms with Gasteiger partial charge in [-0.1, -0.05) is 35.0 Å². The van der Waals surface area contributed by atoms with Crippen LogP contribution in [0.2, 0.25) is 5.02 Å². The molecule has 122 valence electrons. The Labute approximate surface area is 141 Å². The van der Waals surface area contributed by atoms with Gasteiger partial charge in [-0.3, -0.25) is 4.79 Å². The fourth-order valence-corrected chi connectivity index (χ4v) is 3.51. The summed E-state index contributed by atoms with van der Waals surface area (Å²) in [5.74, 6) is 0.881. The summed E-state index contributed by atoms with van der Waals surface area (Å²) < 4.78 is 5.16. The number of rotatable bonds is 4. The minimum Gasteiger partial charge on any atom is -0.361 e. The van der Waals surface area contributed by atoms with E-state index in [1.165, 1.54) is 0 Å². The number of likely N-dealkylation sites (tertiary alicyclic amines) is 1. The molecule has 0 spiro atoms. The molecular formula is C18H21ClN2O2. The minimum atomic E-state index is 0.147. The van der Waals surface area contributed by atoms with E-state index in [1.807, 2.05) is 43.0 Å². The molecule has 1 amide bonds. The van der Waals surface area contributed by atoms with Crippen LogP contribution in [0.25, 0.3) is 0 Å². The van der Waals surface area contributed by atoms with Crippen molar-refractivity contribution in [3.63, 3.8) is 0 Å². The molecule has 2 aromatic rings. The molecule has 1 aliphatic rings. The lowest BCUT2D eigenvalue weighted by atomic mass is 10.0. The molecule has 1 aliphatic heterocycles. The predicted molar refractivity (Wildman–Crippen MR) is 89.6 cm³/mol. The number of halogens is 1. The van der Waals surface area contributed by atoms with Crippen molar-refractivity contribution in [1.82, 2.24) is 10.1 Å². The average molecular weight is 333 g/mol. The van der Waals surface area contributed by atoms with Gasteiger partial charge in [0.1, 0.15) is 5.76 Å². The summed E-state index contributed by atoms with van der Waals surface area (Å²) in [7, 11) is 0. The number of carbonyl (C=O) groups excluding carboxylic acids is 1. The van der Waals surface area contributed by atoms with Crippen LogP contribution in [0.4, 0.5) is 0 Å². The van der Waals surface area contributed by atoms with E-state index >= 15 is 0 Å². The van der Waals surface area contributed by atoms with Crippen LogP contribution >= 0.6 is 11.6 Å². The third-order valence-corrected chi connectivity index (χ3v) is 4.99. The Bertz CT molecular complexity index is 691. The maximum absolute atomic E-state index is 12.7. The number of carbonyl (C=O) groups is 1. The van der Waals surface area contributed by atoms with Crippen molar-refractivity contribution in [2.75, 3.05) is 6.54 Å². The molecule has 1 fully saturated rings. The fourth-order valence-electron chi connectivity index (χ4n) is 3.30. The first-order valence-corrected chi connectivity index (χ1v) is 8.38. The van der Waals surface area contributed by atoms with Crippen LogP contribution in [0.1, 0.15) is 35.4 Å². The molecule has 4 nitrogen and oxygen atoms in total. The summed E-state index contributed by atoms with van der Waals surface area (Å²) in [4.78, 5) is 14.7. The summed E-state index contributed by atoms with van der Waals surface area (Å²) in [6.45, 7) is 4.55. The highest BCUT2D eigenvalue weighted by atomic mass is 35.5. The van der Waals surface area contributed by atoms with E-state index in [0.717, 1.165) is 53.4 Å². The zero-order valence-electron chi connectivity index (χ0n) is 13.5. The highest BCUT2D eigenvalue weighted by molar-refractivity contribution is 6.31. The third-order valence-electron chi connectivity index (χ3n) is 4.62. The monoisotopic (exact) mass is 332 g/mol. The third kappa shape index (κ3) is 3.42. The van der Waals surface area contributed by atoms with E-state index < -0.39 is 0 Å². The molecule has 0 radical (unpaired) electrons. The van der Waals surface area contributed by atoms with Crippen LogP contribution in [0.5, 0.6) is 0 Å². The van der Waals surface area contributed by atoms with Crippen LogP contribution in [-0.2, 0) is 17.6 Å². The van der Waals surface area contributed by atoms with Gasteiger partial charge >= 0.3 is 0 Å². The van der Waals surface area contributed by atoms with Crippen molar-refractivity contribution < 1.29 is 9.32 Å². The summed E-state index contributed by atoms with van der Waals surface area (Å²) in [5, 5.41) is 4.71. The van der Waals surface area contributed by atoms with Crippen LogP contribution in [0.3, 0.4) is 0 Å². The van der Waals surface area contributed by atoms with Crippen molar-refractivity contribution in [2.45, 2.75) is 45.6 Å². The smallest absolute Gasteiger partial charge is 0.227 e. The van der Waals surface area contributed by atoms with E-state index in [0.29, 0.717) is 6.42 Å². The quantitative estimate of drug-likeness (QED) is 0.857. The van der Waals surface area contributed by atoms with Crippen molar-refractivity contribution in [3.8, 4) is 0 Å². The lowest BCUT2D eigenvalue weighted by Crippen LogP contribution is -2.38. The van der Waals surface area contributed by atoms with Gasteiger partial charge in [0, 0.05) is 23.2 Å². The normalized spacial score (nSPS) is 17.7. The first kappa shape index (κ1) is 16.1. The van der Waals surface area contributed by atoms with Crippen LogP contribution < -0.4 is 0 Å². The molecule has 0 saturated carbocycles. The standard InChI is InChI=1S/C18H21ClN2O2/c1-12-16(13(2)23-20-12)11-18(22)21-9-5-7-15(21)10-14-6-3-4-8-17(14)19/h3-4,6,8,15H,5,7,9-11H2,1-2H3/t15-/m0/s1. The number of aromatic nitrogens is 1. The van der Waals surface area contributed by atoms with E-state index in [9.17, 15) is 4.79 Å². The summed E-state index contributed by atoms with van der Waals surface area (Å²) in [5.41, 5.74) is 2.83. The maximum atomic E-state index is 12.7. The van der Waals surface area contributed by atoms with E-state index in [4.69, 9.17) is 16.1 Å².